The van der Waals surface area contributed by atoms with Gasteiger partial charge >= 0.3 is 0 Å². The molecule has 0 radical (unpaired) electrons. The minimum Gasteiger partial charge on any atom is -0.381 e. The molecule has 2 heterocycles. The SMILES string of the molecule is C/C=C/N1CCCC1.C=CCCC(=C/C(C=O)=C(\C=C\C)N=CN(C)C1CCOCC1)/C=C/C. The molecule has 0 bridgehead atoms. The number of likely N-dealkylation sites (tertiary alicyclic amines) is 1. The number of nitrogens with zero attached hydrogens (tertiary/aromatic N) is 3. The van der Waals surface area contributed by atoms with Crippen LogP contribution in [-0.2, 0) is 9.53 Å². The van der Waals surface area contributed by atoms with Crippen molar-refractivity contribution in [2.24, 2.45) is 4.99 Å². The van der Waals surface area contributed by atoms with Crippen molar-refractivity contribution in [2.75, 3.05) is 33.4 Å². The third-order valence-electron chi connectivity index (χ3n) is 5.75. The quantitative estimate of drug-likeness (QED) is 0.0901. The van der Waals surface area contributed by atoms with Gasteiger partial charge in [-0.3, -0.25) is 4.79 Å². The average molecular weight is 468 g/mol. The maximum absolute atomic E-state index is 11.7. The second kappa shape index (κ2) is 18.7. The Morgan fingerprint density at radius 3 is 2.32 bits per heavy atom. The van der Waals surface area contributed by atoms with Crippen molar-refractivity contribution >= 4 is 12.6 Å². The van der Waals surface area contributed by atoms with Crippen LogP contribution in [0.5, 0.6) is 0 Å². The van der Waals surface area contributed by atoms with Crippen LogP contribution in [0.15, 0.2) is 77.1 Å². The summed E-state index contributed by atoms with van der Waals surface area (Å²) in [5.41, 5.74) is 2.34. The van der Waals surface area contributed by atoms with Crippen molar-refractivity contribution in [3.63, 3.8) is 0 Å². The lowest BCUT2D eigenvalue weighted by Crippen LogP contribution is -2.35. The first-order valence-corrected chi connectivity index (χ1v) is 12.6. The zero-order chi connectivity index (χ0) is 25.0. The zero-order valence-corrected chi connectivity index (χ0v) is 21.8. The van der Waals surface area contributed by atoms with E-state index in [0.29, 0.717) is 17.3 Å². The van der Waals surface area contributed by atoms with Gasteiger partial charge in [-0.2, -0.15) is 0 Å². The molecule has 0 aromatic rings. The fraction of sp³-hybridized carbons (Fsp3) is 0.517. The van der Waals surface area contributed by atoms with Gasteiger partial charge in [-0.05, 0) is 83.2 Å². The van der Waals surface area contributed by atoms with E-state index in [1.54, 1.807) is 0 Å². The molecule has 2 rings (SSSR count). The number of rotatable bonds is 11. The summed E-state index contributed by atoms with van der Waals surface area (Å²) in [7, 11) is 2.03. The van der Waals surface area contributed by atoms with Crippen LogP contribution in [0.1, 0.15) is 59.3 Å². The average Bonchev–Trinajstić information content (AvgIpc) is 3.38. The number of hydrogen-bond acceptors (Lipinski definition) is 4. The molecule has 0 aromatic carbocycles. The number of allylic oxidation sites excluding steroid dienone is 9. The number of hydrogen-bond donors (Lipinski definition) is 0. The van der Waals surface area contributed by atoms with Gasteiger partial charge in [0.2, 0.25) is 0 Å². The molecule has 2 fully saturated rings. The smallest absolute Gasteiger partial charge is 0.152 e. The summed E-state index contributed by atoms with van der Waals surface area (Å²) < 4.78 is 5.41. The molecule has 0 amide bonds. The van der Waals surface area contributed by atoms with Crippen molar-refractivity contribution < 1.29 is 9.53 Å². The third-order valence-corrected chi connectivity index (χ3v) is 5.75. The van der Waals surface area contributed by atoms with Crippen LogP contribution in [0.25, 0.3) is 0 Å². The van der Waals surface area contributed by atoms with Gasteiger partial charge in [0.15, 0.2) is 6.29 Å². The summed E-state index contributed by atoms with van der Waals surface area (Å²) in [6, 6.07) is 0.431. The van der Waals surface area contributed by atoms with Crippen LogP contribution in [0, 0.1) is 0 Å². The van der Waals surface area contributed by atoms with Crippen molar-refractivity contribution in [3.8, 4) is 0 Å². The summed E-state index contributed by atoms with van der Waals surface area (Å²) in [6.45, 7) is 13.9. The molecule has 2 aliphatic heterocycles. The highest BCUT2D eigenvalue weighted by molar-refractivity contribution is 5.81. The molecular formula is C29H45N3O2. The number of carbonyl (C=O) groups is 1. The number of aldehydes is 1. The van der Waals surface area contributed by atoms with Gasteiger partial charge in [-0.1, -0.05) is 30.4 Å². The molecule has 0 N–H and O–H groups in total. The number of carbonyl (C=O) groups excluding carboxylic acids is 1. The van der Waals surface area contributed by atoms with Gasteiger partial charge in [-0.25, -0.2) is 4.99 Å². The van der Waals surface area contributed by atoms with Gasteiger partial charge in [-0.15, -0.1) is 6.58 Å². The van der Waals surface area contributed by atoms with E-state index in [1.165, 1.54) is 25.9 Å². The lowest BCUT2D eigenvalue weighted by Gasteiger charge is -2.29. The van der Waals surface area contributed by atoms with Crippen LogP contribution in [0.3, 0.4) is 0 Å². The molecule has 188 valence electrons. The molecule has 5 nitrogen and oxygen atoms in total. The fourth-order valence-corrected chi connectivity index (χ4v) is 3.87. The Bertz CT molecular complexity index is 762. The highest BCUT2D eigenvalue weighted by Crippen LogP contribution is 2.16. The van der Waals surface area contributed by atoms with E-state index in [-0.39, 0.29) is 0 Å². The summed E-state index contributed by atoms with van der Waals surface area (Å²) in [5, 5.41) is 0. The molecule has 5 heteroatoms. The van der Waals surface area contributed by atoms with E-state index in [9.17, 15) is 4.79 Å². The predicted molar refractivity (Wildman–Crippen MR) is 146 cm³/mol. The molecule has 0 unspecified atom stereocenters. The Balaban J connectivity index is 0.000000605. The summed E-state index contributed by atoms with van der Waals surface area (Å²) in [6.07, 6.45) is 25.0. The molecule has 0 spiro atoms. The van der Waals surface area contributed by atoms with Crippen LogP contribution in [0.2, 0.25) is 0 Å². The van der Waals surface area contributed by atoms with Crippen molar-refractivity contribution in [1.29, 1.82) is 0 Å². The van der Waals surface area contributed by atoms with Crippen molar-refractivity contribution in [3.05, 3.63) is 72.2 Å². The van der Waals surface area contributed by atoms with Gasteiger partial charge in [0.1, 0.15) is 0 Å². The van der Waals surface area contributed by atoms with Gasteiger partial charge < -0.3 is 14.5 Å². The van der Waals surface area contributed by atoms with Crippen molar-refractivity contribution in [1.82, 2.24) is 9.80 Å². The molecule has 0 aliphatic carbocycles. The third kappa shape index (κ3) is 12.0. The van der Waals surface area contributed by atoms with E-state index in [1.807, 2.05) is 63.7 Å². The molecule has 0 aromatic heterocycles. The number of aliphatic imine (C=N–C) groups is 1. The predicted octanol–water partition coefficient (Wildman–Crippen LogP) is 6.24. The molecule has 2 aliphatic rings. The highest BCUT2D eigenvalue weighted by Gasteiger charge is 2.16. The molecular weight excluding hydrogens is 422 g/mol. The van der Waals surface area contributed by atoms with E-state index < -0.39 is 0 Å². The maximum atomic E-state index is 11.7. The van der Waals surface area contributed by atoms with Crippen molar-refractivity contribution in [2.45, 2.75) is 65.3 Å². The van der Waals surface area contributed by atoms with Gasteiger partial charge in [0.05, 0.1) is 12.0 Å². The lowest BCUT2D eigenvalue weighted by atomic mass is 10.0. The van der Waals surface area contributed by atoms with E-state index in [2.05, 4.69) is 40.6 Å². The highest BCUT2D eigenvalue weighted by atomic mass is 16.5. The topological polar surface area (TPSA) is 45.1 Å². The minimum atomic E-state index is 0.431. The van der Waals surface area contributed by atoms with E-state index in [0.717, 1.165) is 50.8 Å². The normalized spacial score (nSPS) is 18.6. The molecule has 0 atom stereocenters. The summed E-state index contributed by atoms with van der Waals surface area (Å²) in [5.74, 6) is 0. The second-order valence-electron chi connectivity index (χ2n) is 8.48. The van der Waals surface area contributed by atoms with Crippen LogP contribution >= 0.6 is 0 Å². The minimum absolute atomic E-state index is 0.431. The van der Waals surface area contributed by atoms with Gasteiger partial charge in [0.25, 0.3) is 0 Å². The molecule has 34 heavy (non-hydrogen) atoms. The fourth-order valence-electron chi connectivity index (χ4n) is 3.87. The first-order valence-electron chi connectivity index (χ1n) is 12.6. The van der Waals surface area contributed by atoms with E-state index in [4.69, 9.17) is 4.74 Å². The first kappa shape index (κ1) is 29.4. The molecule has 0 saturated carbocycles. The van der Waals surface area contributed by atoms with Gasteiger partial charge in [0, 0.05) is 45.0 Å². The first-order chi connectivity index (χ1) is 16.6. The summed E-state index contributed by atoms with van der Waals surface area (Å²) in [4.78, 5) is 20.8. The van der Waals surface area contributed by atoms with Crippen LogP contribution in [-0.4, -0.2) is 61.8 Å². The monoisotopic (exact) mass is 467 g/mol. The van der Waals surface area contributed by atoms with Crippen LogP contribution in [0.4, 0.5) is 0 Å². The Hall–Kier alpha value is -2.66. The van der Waals surface area contributed by atoms with Crippen LogP contribution < -0.4 is 0 Å². The Labute approximate surface area is 208 Å². The Kier molecular flexibility index (Phi) is 16.2. The maximum Gasteiger partial charge on any atom is 0.152 e. The largest absolute Gasteiger partial charge is 0.381 e. The Morgan fingerprint density at radius 1 is 1.09 bits per heavy atom. The second-order valence-corrected chi connectivity index (χ2v) is 8.48. The number of ether oxygens (including phenoxy) is 1. The Morgan fingerprint density at radius 2 is 1.76 bits per heavy atom. The standard InChI is InChI=1S/C22H32N2O2.C7H13N/c1-5-8-11-19(9-6-2)16-20(17-25)22(10-7-3)23-18-24(4)21-12-14-26-15-13-21;1-2-5-8-6-3-4-7-8/h5-7,9-10,16-18,21H,1,8,11-15H2,2-4H3;2,5H,3-4,6-7H2,1H3/b9-6+,10-7+,19-16+,22-20-,23-18?;5-2+. The lowest BCUT2D eigenvalue weighted by molar-refractivity contribution is -0.104. The molecule has 2 saturated heterocycles. The zero-order valence-electron chi connectivity index (χ0n) is 21.8. The van der Waals surface area contributed by atoms with E-state index >= 15 is 0 Å². The summed E-state index contributed by atoms with van der Waals surface area (Å²) >= 11 is 0.